The third-order valence-corrected chi connectivity index (χ3v) is 6.89. The fraction of sp³-hybridized carbons (Fsp3) is 0.964. The highest BCUT2D eigenvalue weighted by atomic mass is 16.4. The second-order valence-electron chi connectivity index (χ2n) is 10.2. The van der Waals surface area contributed by atoms with Gasteiger partial charge in [-0.1, -0.05) is 143 Å². The van der Waals surface area contributed by atoms with E-state index in [4.69, 9.17) is 0 Å². The molecule has 0 saturated carbocycles. The Kier molecular flexibility index (Phi) is 21.3. The van der Waals surface area contributed by atoms with Crippen molar-refractivity contribution in [2.24, 2.45) is 17.8 Å². The first-order valence-corrected chi connectivity index (χ1v) is 13.7. The summed E-state index contributed by atoms with van der Waals surface area (Å²) < 4.78 is 0. The van der Waals surface area contributed by atoms with Crippen molar-refractivity contribution in [3.8, 4) is 0 Å². The molecule has 180 valence electrons. The summed E-state index contributed by atoms with van der Waals surface area (Å²) in [5, 5.41) is 9.61. The normalized spacial score (nSPS) is 14.5. The monoisotopic (exact) mass is 424 g/mol. The van der Waals surface area contributed by atoms with Gasteiger partial charge in [-0.2, -0.15) is 0 Å². The molecule has 2 nitrogen and oxygen atoms in total. The van der Waals surface area contributed by atoms with Crippen molar-refractivity contribution in [1.82, 2.24) is 0 Å². The van der Waals surface area contributed by atoms with Crippen LogP contribution >= 0.6 is 0 Å². The van der Waals surface area contributed by atoms with Gasteiger partial charge in [0.1, 0.15) is 0 Å². The van der Waals surface area contributed by atoms with E-state index in [1.807, 2.05) is 0 Å². The molecule has 3 unspecified atom stereocenters. The van der Waals surface area contributed by atoms with Crippen molar-refractivity contribution in [3.05, 3.63) is 0 Å². The molecule has 1 N–H and O–H groups in total. The maximum atomic E-state index is 11.7. The summed E-state index contributed by atoms with van der Waals surface area (Å²) in [5.41, 5.74) is 0. The number of unbranched alkanes of at least 4 members (excludes halogenated alkanes) is 12. The van der Waals surface area contributed by atoms with Crippen LogP contribution < -0.4 is 0 Å². The van der Waals surface area contributed by atoms with E-state index in [1.165, 1.54) is 109 Å². The van der Waals surface area contributed by atoms with Gasteiger partial charge in [0.15, 0.2) is 0 Å². The van der Waals surface area contributed by atoms with E-state index in [2.05, 4.69) is 27.7 Å². The minimum absolute atomic E-state index is 0.122. The van der Waals surface area contributed by atoms with Crippen LogP contribution in [0.3, 0.4) is 0 Å². The Morgan fingerprint density at radius 1 is 0.567 bits per heavy atom. The summed E-state index contributed by atoms with van der Waals surface area (Å²) in [6, 6.07) is 0. The lowest BCUT2D eigenvalue weighted by atomic mass is 9.88. The first-order chi connectivity index (χ1) is 14.5. The van der Waals surface area contributed by atoms with Crippen LogP contribution in [0.5, 0.6) is 0 Å². The van der Waals surface area contributed by atoms with E-state index in [0.717, 1.165) is 25.2 Å². The van der Waals surface area contributed by atoms with Crippen LogP contribution in [-0.2, 0) is 4.79 Å². The summed E-state index contributed by atoms with van der Waals surface area (Å²) in [7, 11) is 0. The molecule has 0 aliphatic heterocycles. The Balaban J connectivity index is 3.71. The molecule has 30 heavy (non-hydrogen) atoms. The number of carboxylic acids is 1. The predicted molar refractivity (Wildman–Crippen MR) is 133 cm³/mol. The van der Waals surface area contributed by atoms with Crippen molar-refractivity contribution in [3.63, 3.8) is 0 Å². The van der Waals surface area contributed by atoms with E-state index in [9.17, 15) is 9.90 Å². The topological polar surface area (TPSA) is 37.3 Å². The zero-order valence-corrected chi connectivity index (χ0v) is 21.2. The summed E-state index contributed by atoms with van der Waals surface area (Å²) in [6.07, 6.45) is 25.5. The molecule has 0 spiro atoms. The molecule has 0 saturated heterocycles. The van der Waals surface area contributed by atoms with Crippen LogP contribution in [0, 0.1) is 17.8 Å². The molecular weight excluding hydrogens is 368 g/mol. The number of aliphatic carboxylic acids is 1. The average molecular weight is 425 g/mol. The van der Waals surface area contributed by atoms with E-state index in [1.54, 1.807) is 0 Å². The van der Waals surface area contributed by atoms with Crippen molar-refractivity contribution >= 4 is 5.97 Å². The third-order valence-electron chi connectivity index (χ3n) is 6.89. The summed E-state index contributed by atoms with van der Waals surface area (Å²) in [4.78, 5) is 11.7. The number of hydrogen-bond donors (Lipinski definition) is 1. The molecule has 0 amide bonds. The zero-order valence-electron chi connectivity index (χ0n) is 21.2. The molecule has 0 aromatic rings. The largest absolute Gasteiger partial charge is 0.481 e. The SMILES string of the molecule is CCCCCCCCCCCCC(CC(C)CCCCCC(C)CCCC)C(=O)O. The lowest BCUT2D eigenvalue weighted by Crippen LogP contribution is -2.17. The van der Waals surface area contributed by atoms with Gasteiger partial charge in [-0.25, -0.2) is 0 Å². The van der Waals surface area contributed by atoms with Crippen molar-refractivity contribution in [1.29, 1.82) is 0 Å². The smallest absolute Gasteiger partial charge is 0.306 e. The Bertz CT molecular complexity index is 366. The Hall–Kier alpha value is -0.530. The zero-order chi connectivity index (χ0) is 22.5. The van der Waals surface area contributed by atoms with Crippen molar-refractivity contribution < 1.29 is 9.90 Å². The van der Waals surface area contributed by atoms with Crippen LogP contribution in [0.2, 0.25) is 0 Å². The van der Waals surface area contributed by atoms with Crippen LogP contribution in [0.1, 0.15) is 156 Å². The standard InChI is InChI=1S/C28H56O2/c1-5-7-9-10-11-12-13-14-15-19-23-27(28(29)30)24-26(4)22-18-16-17-21-25(3)20-8-6-2/h25-27H,5-24H2,1-4H3,(H,29,30). The molecule has 0 aliphatic carbocycles. The van der Waals surface area contributed by atoms with Gasteiger partial charge in [0.25, 0.3) is 0 Å². The first-order valence-electron chi connectivity index (χ1n) is 13.7. The number of carbonyl (C=O) groups is 1. The van der Waals surface area contributed by atoms with Gasteiger partial charge in [0.2, 0.25) is 0 Å². The van der Waals surface area contributed by atoms with Crippen molar-refractivity contribution in [2.75, 3.05) is 0 Å². The van der Waals surface area contributed by atoms with Crippen LogP contribution in [0.25, 0.3) is 0 Å². The molecule has 0 rings (SSSR count). The van der Waals surface area contributed by atoms with E-state index >= 15 is 0 Å². The average Bonchev–Trinajstić information content (AvgIpc) is 2.72. The quantitative estimate of drug-likeness (QED) is 0.166. The van der Waals surface area contributed by atoms with Gasteiger partial charge in [0.05, 0.1) is 5.92 Å². The van der Waals surface area contributed by atoms with Gasteiger partial charge in [-0.3, -0.25) is 4.79 Å². The molecule has 0 aliphatic rings. The minimum atomic E-state index is -0.567. The van der Waals surface area contributed by atoms with Crippen molar-refractivity contribution in [2.45, 2.75) is 156 Å². The van der Waals surface area contributed by atoms with Crippen LogP contribution in [0.15, 0.2) is 0 Å². The predicted octanol–water partition coefficient (Wildman–Crippen LogP) is 9.80. The summed E-state index contributed by atoms with van der Waals surface area (Å²) >= 11 is 0. The fourth-order valence-corrected chi connectivity index (χ4v) is 4.68. The Morgan fingerprint density at radius 3 is 1.50 bits per heavy atom. The second kappa shape index (κ2) is 21.7. The summed E-state index contributed by atoms with van der Waals surface area (Å²) in [5.74, 6) is 0.734. The highest BCUT2D eigenvalue weighted by Gasteiger charge is 2.19. The van der Waals surface area contributed by atoms with Gasteiger partial charge in [-0.15, -0.1) is 0 Å². The van der Waals surface area contributed by atoms with Gasteiger partial charge in [-0.05, 0) is 24.7 Å². The number of hydrogen-bond acceptors (Lipinski definition) is 1. The maximum Gasteiger partial charge on any atom is 0.306 e. The summed E-state index contributed by atoms with van der Waals surface area (Å²) in [6.45, 7) is 9.19. The maximum absolute atomic E-state index is 11.7. The van der Waals surface area contributed by atoms with E-state index in [0.29, 0.717) is 5.92 Å². The Labute approximate surface area is 190 Å². The molecule has 0 aromatic carbocycles. The lowest BCUT2D eigenvalue weighted by molar-refractivity contribution is -0.142. The Morgan fingerprint density at radius 2 is 0.967 bits per heavy atom. The second-order valence-corrected chi connectivity index (χ2v) is 10.2. The van der Waals surface area contributed by atoms with E-state index in [-0.39, 0.29) is 5.92 Å². The molecular formula is C28H56O2. The van der Waals surface area contributed by atoms with Gasteiger partial charge < -0.3 is 5.11 Å². The van der Waals surface area contributed by atoms with Gasteiger partial charge in [0, 0.05) is 0 Å². The van der Waals surface area contributed by atoms with Crippen LogP contribution in [0.4, 0.5) is 0 Å². The van der Waals surface area contributed by atoms with E-state index < -0.39 is 5.97 Å². The first kappa shape index (κ1) is 29.5. The molecule has 0 bridgehead atoms. The molecule has 0 fully saturated rings. The highest BCUT2D eigenvalue weighted by molar-refractivity contribution is 5.69. The molecule has 0 heterocycles. The third kappa shape index (κ3) is 19.4. The number of carboxylic acid groups (broad SMARTS) is 1. The van der Waals surface area contributed by atoms with Gasteiger partial charge >= 0.3 is 5.97 Å². The number of rotatable bonds is 23. The molecule has 2 heteroatoms. The molecule has 0 radical (unpaired) electrons. The minimum Gasteiger partial charge on any atom is -0.481 e. The molecule has 3 atom stereocenters. The highest BCUT2D eigenvalue weighted by Crippen LogP contribution is 2.24. The lowest BCUT2D eigenvalue weighted by Gasteiger charge is -2.18. The fourth-order valence-electron chi connectivity index (χ4n) is 4.68. The molecule has 0 aromatic heterocycles. The van der Waals surface area contributed by atoms with Crippen LogP contribution in [-0.4, -0.2) is 11.1 Å².